The average Bonchev–Trinajstić information content (AvgIpc) is 2.58. The summed E-state index contributed by atoms with van der Waals surface area (Å²) in [5.41, 5.74) is 7.27. The molecule has 0 spiro atoms. The molecule has 0 saturated carbocycles. The summed E-state index contributed by atoms with van der Waals surface area (Å²) in [6.07, 6.45) is -1.12. The lowest BCUT2D eigenvalue weighted by Gasteiger charge is -2.16. The van der Waals surface area contributed by atoms with Crippen LogP contribution < -0.4 is 15.8 Å². The number of halogens is 5. The Kier molecular flexibility index (Phi) is 10.0. The van der Waals surface area contributed by atoms with E-state index in [1.165, 1.54) is 6.20 Å². The Morgan fingerprint density at radius 3 is 2.74 bits per heavy atom. The van der Waals surface area contributed by atoms with Crippen molar-refractivity contribution in [2.45, 2.75) is 25.9 Å². The lowest BCUT2D eigenvalue weighted by molar-refractivity contribution is 0.0791. The fourth-order valence-corrected chi connectivity index (χ4v) is 2.76. The molecule has 3 N–H and O–H groups in total. The van der Waals surface area contributed by atoms with E-state index in [0.717, 1.165) is 5.56 Å². The lowest BCUT2D eigenvalue weighted by Crippen LogP contribution is -2.34. The van der Waals surface area contributed by atoms with E-state index in [1.807, 2.05) is 6.92 Å². The highest BCUT2D eigenvalue weighted by Gasteiger charge is 2.12. The van der Waals surface area contributed by atoms with Gasteiger partial charge in [0.1, 0.15) is 0 Å². The number of hydrogen-bond donors (Lipinski definition) is 2. The normalized spacial score (nSPS) is 12.4. The van der Waals surface area contributed by atoms with E-state index in [2.05, 4.69) is 15.3 Å². The highest BCUT2D eigenvalue weighted by Crippen LogP contribution is 2.26. The van der Waals surface area contributed by atoms with Crippen LogP contribution in [0.5, 0.6) is 5.88 Å². The van der Waals surface area contributed by atoms with Crippen molar-refractivity contribution in [1.29, 1.82) is 0 Å². The van der Waals surface area contributed by atoms with Gasteiger partial charge >= 0.3 is 0 Å². The predicted octanol–water partition coefficient (Wildman–Crippen LogP) is 4.82. The van der Waals surface area contributed by atoms with E-state index >= 15 is 0 Å². The molecule has 2 rings (SSSR count). The molecule has 0 aliphatic rings. The first-order valence-electron chi connectivity index (χ1n) is 7.73. The van der Waals surface area contributed by atoms with Crippen LogP contribution in [0.15, 0.2) is 41.5 Å². The van der Waals surface area contributed by atoms with Gasteiger partial charge in [-0.15, -0.1) is 24.0 Å². The zero-order chi connectivity index (χ0) is 19.1. The Hall–Kier alpha value is -1.39. The van der Waals surface area contributed by atoms with Crippen molar-refractivity contribution >= 4 is 53.1 Å². The molecule has 0 aliphatic carbocycles. The molecule has 1 heterocycles. The van der Waals surface area contributed by atoms with Gasteiger partial charge in [0, 0.05) is 21.8 Å². The smallest absolute Gasteiger partial charge is 0.272 e. The second-order valence-electron chi connectivity index (χ2n) is 5.40. The van der Waals surface area contributed by atoms with E-state index in [-0.39, 0.29) is 48.4 Å². The van der Waals surface area contributed by atoms with Crippen LogP contribution in [0.4, 0.5) is 8.78 Å². The third-order valence-electron chi connectivity index (χ3n) is 3.41. The number of aliphatic imine (C=N–C) groups is 1. The number of nitrogens with zero attached hydrogens (tertiary/aromatic N) is 2. The number of rotatable bonds is 7. The molecule has 0 fully saturated rings. The molecule has 0 aliphatic heterocycles. The van der Waals surface area contributed by atoms with Crippen LogP contribution in [0.2, 0.25) is 10.0 Å². The number of ether oxygens (including phenoxy) is 1. The summed E-state index contributed by atoms with van der Waals surface area (Å²) in [5.74, 6) is 0.283. The third-order valence-corrected chi connectivity index (χ3v) is 3.97. The summed E-state index contributed by atoms with van der Waals surface area (Å²) in [4.78, 5) is 8.14. The van der Waals surface area contributed by atoms with Gasteiger partial charge in [-0.25, -0.2) is 18.8 Å². The van der Waals surface area contributed by atoms with Crippen molar-refractivity contribution in [2.24, 2.45) is 10.7 Å². The number of benzene rings is 1. The molecule has 27 heavy (non-hydrogen) atoms. The van der Waals surface area contributed by atoms with Crippen LogP contribution >= 0.6 is 47.2 Å². The minimum absolute atomic E-state index is 0. The van der Waals surface area contributed by atoms with Crippen LogP contribution in [0.1, 0.15) is 24.1 Å². The minimum Gasteiger partial charge on any atom is -0.471 e. The highest BCUT2D eigenvalue weighted by molar-refractivity contribution is 14.0. The van der Waals surface area contributed by atoms with E-state index in [1.54, 1.807) is 30.3 Å². The van der Waals surface area contributed by atoms with Crippen LogP contribution in [-0.2, 0) is 6.54 Å². The van der Waals surface area contributed by atoms with Crippen molar-refractivity contribution in [2.75, 3.05) is 6.61 Å². The van der Waals surface area contributed by atoms with Crippen molar-refractivity contribution in [3.05, 3.63) is 57.7 Å². The zero-order valence-corrected chi connectivity index (χ0v) is 18.2. The summed E-state index contributed by atoms with van der Waals surface area (Å²) >= 11 is 12.1. The third kappa shape index (κ3) is 7.63. The Bertz CT molecular complexity index is 780. The number of alkyl halides is 2. The molecule has 5 nitrogen and oxygen atoms in total. The molecular formula is C17H19Cl2F2IN4O. The molecule has 1 aromatic heterocycles. The Balaban J connectivity index is 0.00000364. The zero-order valence-electron chi connectivity index (χ0n) is 14.3. The molecule has 0 bridgehead atoms. The van der Waals surface area contributed by atoms with Crippen LogP contribution in [0.25, 0.3) is 0 Å². The van der Waals surface area contributed by atoms with Crippen molar-refractivity contribution < 1.29 is 13.5 Å². The maximum atomic E-state index is 12.3. The van der Waals surface area contributed by atoms with Crippen LogP contribution in [0.3, 0.4) is 0 Å². The number of nitrogens with two attached hydrogens (primary N) is 1. The number of hydrogen-bond acceptors (Lipinski definition) is 3. The van der Waals surface area contributed by atoms with Gasteiger partial charge in [0.05, 0.1) is 12.6 Å². The predicted molar refractivity (Wildman–Crippen MR) is 114 cm³/mol. The molecule has 2 aromatic rings. The number of guanidine groups is 1. The Morgan fingerprint density at radius 2 is 2.07 bits per heavy atom. The SMILES string of the molecule is CC(NC(N)=NCc1cccnc1OCC(F)F)c1ccc(Cl)cc1Cl.I. The van der Waals surface area contributed by atoms with E-state index in [9.17, 15) is 8.78 Å². The second kappa shape index (κ2) is 11.5. The first-order valence-corrected chi connectivity index (χ1v) is 8.48. The van der Waals surface area contributed by atoms with E-state index in [4.69, 9.17) is 33.7 Å². The molecule has 148 valence electrons. The van der Waals surface area contributed by atoms with Gasteiger partial charge in [0.2, 0.25) is 5.88 Å². The fraction of sp³-hybridized carbons (Fsp3) is 0.294. The van der Waals surface area contributed by atoms with E-state index < -0.39 is 13.0 Å². The summed E-state index contributed by atoms with van der Waals surface area (Å²) in [7, 11) is 0. The van der Waals surface area contributed by atoms with Crippen molar-refractivity contribution in [3.63, 3.8) is 0 Å². The van der Waals surface area contributed by atoms with Gasteiger partial charge in [-0.3, -0.25) is 0 Å². The van der Waals surface area contributed by atoms with Gasteiger partial charge < -0.3 is 15.8 Å². The first-order chi connectivity index (χ1) is 12.4. The number of nitrogens with one attached hydrogen (secondary N) is 1. The topological polar surface area (TPSA) is 72.5 Å². The van der Waals surface area contributed by atoms with Gasteiger partial charge in [-0.2, -0.15) is 0 Å². The Labute approximate surface area is 183 Å². The van der Waals surface area contributed by atoms with Gasteiger partial charge in [0.15, 0.2) is 12.6 Å². The molecule has 1 unspecified atom stereocenters. The Morgan fingerprint density at radius 1 is 1.33 bits per heavy atom. The quantitative estimate of drug-likeness (QED) is 0.306. The van der Waals surface area contributed by atoms with Gasteiger partial charge in [-0.1, -0.05) is 35.3 Å². The summed E-state index contributed by atoms with van der Waals surface area (Å²) in [5, 5.41) is 4.07. The maximum absolute atomic E-state index is 12.3. The lowest BCUT2D eigenvalue weighted by atomic mass is 10.1. The molecule has 0 radical (unpaired) electrons. The van der Waals surface area contributed by atoms with Crippen molar-refractivity contribution in [3.8, 4) is 5.88 Å². The number of aromatic nitrogens is 1. The fourth-order valence-electron chi connectivity index (χ4n) is 2.18. The first kappa shape index (κ1) is 23.6. The molecular weight excluding hydrogens is 512 g/mol. The van der Waals surface area contributed by atoms with E-state index in [0.29, 0.717) is 15.6 Å². The summed E-state index contributed by atoms with van der Waals surface area (Å²) in [6.45, 7) is 1.28. The van der Waals surface area contributed by atoms with Gasteiger partial charge in [0.25, 0.3) is 6.43 Å². The molecule has 10 heteroatoms. The molecule has 0 saturated heterocycles. The molecule has 1 atom stereocenters. The largest absolute Gasteiger partial charge is 0.471 e. The number of pyridine rings is 1. The monoisotopic (exact) mass is 530 g/mol. The minimum atomic E-state index is -2.58. The van der Waals surface area contributed by atoms with Crippen LogP contribution in [0, 0.1) is 0 Å². The van der Waals surface area contributed by atoms with Crippen LogP contribution in [-0.4, -0.2) is 24.0 Å². The highest BCUT2D eigenvalue weighted by atomic mass is 127. The maximum Gasteiger partial charge on any atom is 0.272 e. The van der Waals surface area contributed by atoms with Crippen molar-refractivity contribution in [1.82, 2.24) is 10.3 Å². The average molecular weight is 531 g/mol. The standard InChI is InChI=1S/C17H18Cl2F2N4O.HI/c1-10(13-5-4-12(18)7-14(13)19)25-17(22)24-8-11-3-2-6-23-16(11)26-9-15(20)21;/h2-7,10,15H,8-9H2,1H3,(H3,22,24,25);1H. The second-order valence-corrected chi connectivity index (χ2v) is 6.25. The summed E-state index contributed by atoms with van der Waals surface area (Å²) < 4.78 is 29.6. The van der Waals surface area contributed by atoms with Gasteiger partial charge in [-0.05, 0) is 30.7 Å². The molecule has 0 amide bonds. The summed E-state index contributed by atoms with van der Waals surface area (Å²) in [6, 6.07) is 8.33. The molecule has 1 aromatic carbocycles.